The Kier molecular flexibility index (Phi) is 3.00. The van der Waals surface area contributed by atoms with E-state index in [1.807, 2.05) is 17.8 Å². The number of hydrogen-bond donors (Lipinski definition) is 1. The molecule has 0 radical (unpaired) electrons. The zero-order valence-electron chi connectivity index (χ0n) is 10.2. The van der Waals surface area contributed by atoms with Gasteiger partial charge in [0.25, 0.3) is 0 Å². The molecule has 0 aromatic carbocycles. The van der Waals surface area contributed by atoms with Crippen LogP contribution in [0, 0.1) is 4.77 Å². The van der Waals surface area contributed by atoms with Crippen LogP contribution in [0.4, 0.5) is 0 Å². The van der Waals surface area contributed by atoms with E-state index in [0.29, 0.717) is 4.77 Å². The molecular formula is C11H15N5OS. The SMILES string of the molecule is Cn1cc(-c2n[nH]c(=S)n2C[C@@H]2CCCO2)cn1. The highest BCUT2D eigenvalue weighted by atomic mass is 32.1. The lowest BCUT2D eigenvalue weighted by Crippen LogP contribution is -2.15. The Morgan fingerprint density at radius 1 is 1.61 bits per heavy atom. The molecule has 1 saturated heterocycles. The van der Waals surface area contributed by atoms with Crippen LogP contribution in [0.1, 0.15) is 12.8 Å². The molecule has 1 atom stereocenters. The maximum absolute atomic E-state index is 5.65. The van der Waals surface area contributed by atoms with E-state index in [0.717, 1.165) is 37.4 Å². The minimum atomic E-state index is 0.240. The van der Waals surface area contributed by atoms with Gasteiger partial charge < -0.3 is 4.74 Å². The van der Waals surface area contributed by atoms with Gasteiger partial charge in [0.2, 0.25) is 0 Å². The van der Waals surface area contributed by atoms with Crippen LogP contribution >= 0.6 is 12.2 Å². The van der Waals surface area contributed by atoms with E-state index in [1.54, 1.807) is 10.9 Å². The van der Waals surface area contributed by atoms with Crippen molar-refractivity contribution in [1.82, 2.24) is 24.5 Å². The molecule has 3 rings (SSSR count). The first-order chi connectivity index (χ1) is 8.74. The van der Waals surface area contributed by atoms with Gasteiger partial charge in [0.15, 0.2) is 10.6 Å². The molecule has 1 N–H and O–H groups in total. The largest absolute Gasteiger partial charge is 0.376 e. The molecule has 1 aliphatic heterocycles. The minimum Gasteiger partial charge on any atom is -0.376 e. The molecule has 7 heteroatoms. The van der Waals surface area contributed by atoms with E-state index in [4.69, 9.17) is 17.0 Å². The van der Waals surface area contributed by atoms with Crippen molar-refractivity contribution in [1.29, 1.82) is 0 Å². The first kappa shape index (κ1) is 11.6. The van der Waals surface area contributed by atoms with E-state index in [9.17, 15) is 0 Å². The second-order valence-corrected chi connectivity index (χ2v) is 4.89. The van der Waals surface area contributed by atoms with Crippen molar-refractivity contribution >= 4 is 12.2 Å². The van der Waals surface area contributed by atoms with Crippen LogP contribution in [0.2, 0.25) is 0 Å². The summed E-state index contributed by atoms with van der Waals surface area (Å²) in [4.78, 5) is 0. The number of nitrogens with one attached hydrogen (secondary N) is 1. The zero-order valence-corrected chi connectivity index (χ0v) is 11.0. The molecule has 0 saturated carbocycles. The number of aromatic nitrogens is 5. The summed E-state index contributed by atoms with van der Waals surface area (Å²) in [5, 5.41) is 11.3. The number of rotatable bonds is 3. The van der Waals surface area contributed by atoms with E-state index in [1.165, 1.54) is 0 Å². The Bertz CT molecular complexity index is 593. The molecule has 0 aliphatic carbocycles. The summed E-state index contributed by atoms with van der Waals surface area (Å²) in [5.74, 6) is 0.823. The molecule has 2 aromatic rings. The third kappa shape index (κ3) is 2.11. The van der Waals surface area contributed by atoms with E-state index in [-0.39, 0.29) is 6.10 Å². The molecule has 96 valence electrons. The van der Waals surface area contributed by atoms with Gasteiger partial charge in [-0.15, -0.1) is 0 Å². The minimum absolute atomic E-state index is 0.240. The lowest BCUT2D eigenvalue weighted by molar-refractivity contribution is 0.0970. The van der Waals surface area contributed by atoms with Crippen LogP contribution in [0.25, 0.3) is 11.4 Å². The van der Waals surface area contributed by atoms with Crippen molar-refractivity contribution in [2.45, 2.75) is 25.5 Å². The van der Waals surface area contributed by atoms with Crippen molar-refractivity contribution < 1.29 is 4.74 Å². The quantitative estimate of drug-likeness (QED) is 0.855. The van der Waals surface area contributed by atoms with Crippen LogP contribution < -0.4 is 0 Å². The van der Waals surface area contributed by atoms with E-state index in [2.05, 4.69) is 15.3 Å². The van der Waals surface area contributed by atoms with Gasteiger partial charge in [-0.1, -0.05) is 0 Å². The summed E-state index contributed by atoms with van der Waals surface area (Å²) in [7, 11) is 1.88. The predicted molar refractivity (Wildman–Crippen MR) is 68.6 cm³/mol. The highest BCUT2D eigenvalue weighted by molar-refractivity contribution is 7.71. The van der Waals surface area contributed by atoms with Gasteiger partial charge in [-0.3, -0.25) is 14.3 Å². The average molecular weight is 265 g/mol. The number of ether oxygens (including phenoxy) is 1. The van der Waals surface area contributed by atoms with Gasteiger partial charge in [-0.05, 0) is 25.1 Å². The summed E-state index contributed by atoms with van der Waals surface area (Å²) in [6.07, 6.45) is 6.16. The lowest BCUT2D eigenvalue weighted by atomic mass is 10.2. The monoisotopic (exact) mass is 265 g/mol. The van der Waals surface area contributed by atoms with E-state index < -0.39 is 0 Å². The number of aromatic amines is 1. The van der Waals surface area contributed by atoms with Gasteiger partial charge in [0.05, 0.1) is 24.4 Å². The Morgan fingerprint density at radius 2 is 2.50 bits per heavy atom. The Labute approximate surface area is 110 Å². The number of nitrogens with zero attached hydrogens (tertiary/aromatic N) is 4. The molecule has 2 aromatic heterocycles. The van der Waals surface area contributed by atoms with Gasteiger partial charge in [0.1, 0.15) is 0 Å². The standard InChI is InChI=1S/C11H15N5OS/c1-15-6-8(5-12-15)10-13-14-11(18)16(10)7-9-3-2-4-17-9/h5-6,9H,2-4,7H2,1H3,(H,14,18)/t9-/m0/s1. The maximum atomic E-state index is 5.65. The predicted octanol–water partition coefficient (Wildman–Crippen LogP) is 1.52. The Morgan fingerprint density at radius 3 is 3.17 bits per heavy atom. The molecule has 18 heavy (non-hydrogen) atoms. The van der Waals surface area contributed by atoms with Crippen molar-refractivity contribution in [2.75, 3.05) is 6.61 Å². The molecule has 3 heterocycles. The van der Waals surface area contributed by atoms with Crippen LogP contribution in [0.5, 0.6) is 0 Å². The van der Waals surface area contributed by atoms with Crippen molar-refractivity contribution in [3.8, 4) is 11.4 Å². The second-order valence-electron chi connectivity index (χ2n) is 4.50. The summed E-state index contributed by atoms with van der Waals surface area (Å²) >= 11 is 5.28. The van der Waals surface area contributed by atoms with Gasteiger partial charge in [0, 0.05) is 19.9 Å². The highest BCUT2D eigenvalue weighted by Crippen LogP contribution is 2.20. The third-order valence-electron chi connectivity index (χ3n) is 3.13. The summed E-state index contributed by atoms with van der Waals surface area (Å²) in [6.45, 7) is 1.59. The summed E-state index contributed by atoms with van der Waals surface area (Å²) in [5.41, 5.74) is 0.961. The topological polar surface area (TPSA) is 60.7 Å². The Hall–Kier alpha value is -1.47. The number of hydrogen-bond acceptors (Lipinski definition) is 4. The van der Waals surface area contributed by atoms with E-state index >= 15 is 0 Å². The smallest absolute Gasteiger partial charge is 0.195 e. The average Bonchev–Trinajstić information content (AvgIpc) is 3.04. The molecule has 6 nitrogen and oxygen atoms in total. The Balaban J connectivity index is 1.93. The van der Waals surface area contributed by atoms with Crippen molar-refractivity contribution in [3.05, 3.63) is 17.2 Å². The maximum Gasteiger partial charge on any atom is 0.195 e. The molecule has 0 spiro atoms. The first-order valence-electron chi connectivity index (χ1n) is 6.00. The van der Waals surface area contributed by atoms with Crippen LogP contribution in [-0.2, 0) is 18.3 Å². The third-order valence-corrected chi connectivity index (χ3v) is 3.44. The van der Waals surface area contributed by atoms with Crippen LogP contribution in [0.15, 0.2) is 12.4 Å². The fourth-order valence-corrected chi connectivity index (χ4v) is 2.44. The molecule has 1 fully saturated rings. The second kappa shape index (κ2) is 4.66. The fourth-order valence-electron chi connectivity index (χ4n) is 2.24. The molecule has 0 amide bonds. The number of H-pyrrole nitrogens is 1. The molecule has 0 bridgehead atoms. The normalized spacial score (nSPS) is 19.5. The number of aryl methyl sites for hydroxylation is 1. The first-order valence-corrected chi connectivity index (χ1v) is 6.40. The van der Waals surface area contributed by atoms with Gasteiger partial charge in [-0.25, -0.2) is 0 Å². The molecule has 0 unspecified atom stereocenters. The van der Waals surface area contributed by atoms with Crippen LogP contribution in [0.3, 0.4) is 0 Å². The van der Waals surface area contributed by atoms with Crippen LogP contribution in [-0.4, -0.2) is 37.3 Å². The highest BCUT2D eigenvalue weighted by Gasteiger charge is 2.19. The summed E-state index contributed by atoms with van der Waals surface area (Å²) < 4.78 is 10.0. The lowest BCUT2D eigenvalue weighted by Gasteiger charge is -2.11. The van der Waals surface area contributed by atoms with Crippen molar-refractivity contribution in [2.24, 2.45) is 7.05 Å². The summed E-state index contributed by atoms with van der Waals surface area (Å²) in [6, 6.07) is 0. The van der Waals surface area contributed by atoms with Crippen molar-refractivity contribution in [3.63, 3.8) is 0 Å². The van der Waals surface area contributed by atoms with Gasteiger partial charge >= 0.3 is 0 Å². The molecular weight excluding hydrogens is 250 g/mol. The fraction of sp³-hybridized carbons (Fsp3) is 0.545. The van der Waals surface area contributed by atoms with Gasteiger partial charge in [-0.2, -0.15) is 10.2 Å². The molecule has 1 aliphatic rings. The zero-order chi connectivity index (χ0) is 12.5.